The maximum atomic E-state index is 13.8. The summed E-state index contributed by atoms with van der Waals surface area (Å²) in [6, 6.07) is 18.8. The van der Waals surface area contributed by atoms with Gasteiger partial charge in [-0.25, -0.2) is 0 Å². The van der Waals surface area contributed by atoms with Gasteiger partial charge in [-0.1, -0.05) is 80.0 Å². The molecule has 0 aliphatic carbocycles. The first-order valence-corrected chi connectivity index (χ1v) is 12.9. The largest absolute Gasteiger partial charge is 0.497 e. The van der Waals surface area contributed by atoms with E-state index in [0.717, 1.165) is 5.56 Å². The molecule has 0 radical (unpaired) electrons. The number of carbonyl (C=O) groups excluding carboxylic acids is 3. The fourth-order valence-corrected chi connectivity index (χ4v) is 4.32. The highest BCUT2D eigenvalue weighted by atomic mass is 35.5. The van der Waals surface area contributed by atoms with E-state index in [1.54, 1.807) is 78.9 Å². The molecule has 0 aliphatic rings. The van der Waals surface area contributed by atoms with Crippen molar-refractivity contribution < 1.29 is 32.3 Å². The van der Waals surface area contributed by atoms with Gasteiger partial charge in [0.25, 0.3) is 5.78 Å². The summed E-state index contributed by atoms with van der Waals surface area (Å²) in [7, 11) is 1.52. The van der Waals surface area contributed by atoms with Crippen LogP contribution in [0.25, 0.3) is 0 Å². The number of hydrogen-bond acceptors (Lipinski definition) is 4. The molecule has 3 aromatic rings. The Morgan fingerprint density at radius 3 is 1.95 bits per heavy atom. The van der Waals surface area contributed by atoms with Crippen LogP contribution in [0.4, 0.5) is 13.2 Å². The van der Waals surface area contributed by atoms with Crippen LogP contribution in [0.5, 0.6) is 5.75 Å². The standard InChI is InChI=1S/C30H30ClF3N2O4/c1-18(2)25(27(37)30(32,33)34)35-29(39)26(21-7-5-4-6-8-21)36-28(38)24(17-19-9-13-22(31)14-10-19)20-11-15-23(40-3)16-12-20/h4-16,18,24-26H,17H2,1-3H3,(H,35,39)(H,36,38)/t24-,25+,26+/m1/s1. The van der Waals surface area contributed by atoms with E-state index < -0.39 is 47.7 Å². The molecule has 6 nitrogen and oxygen atoms in total. The van der Waals surface area contributed by atoms with Gasteiger partial charge in [0.2, 0.25) is 11.8 Å². The highest BCUT2D eigenvalue weighted by Crippen LogP contribution is 2.27. The van der Waals surface area contributed by atoms with Gasteiger partial charge < -0.3 is 15.4 Å². The van der Waals surface area contributed by atoms with E-state index in [1.807, 2.05) is 0 Å². The SMILES string of the molecule is COc1ccc([C@@H](Cc2ccc(Cl)cc2)C(=O)N[C@H](C(=O)N[C@H](C(=O)C(F)(F)F)C(C)C)c2ccccc2)cc1. The maximum Gasteiger partial charge on any atom is 0.452 e. The number of benzene rings is 3. The Labute approximate surface area is 235 Å². The lowest BCUT2D eigenvalue weighted by atomic mass is 9.90. The van der Waals surface area contributed by atoms with Gasteiger partial charge in [-0.2, -0.15) is 13.2 Å². The topological polar surface area (TPSA) is 84.5 Å². The van der Waals surface area contributed by atoms with E-state index in [2.05, 4.69) is 10.6 Å². The van der Waals surface area contributed by atoms with Crippen molar-refractivity contribution in [1.82, 2.24) is 10.6 Å². The molecule has 212 valence electrons. The van der Waals surface area contributed by atoms with Crippen molar-refractivity contribution in [1.29, 1.82) is 0 Å². The first-order valence-electron chi connectivity index (χ1n) is 12.6. The van der Waals surface area contributed by atoms with Crippen LogP contribution in [-0.2, 0) is 20.8 Å². The van der Waals surface area contributed by atoms with Crippen molar-refractivity contribution in [3.8, 4) is 5.75 Å². The molecule has 2 N–H and O–H groups in total. The summed E-state index contributed by atoms with van der Waals surface area (Å²) in [5, 5.41) is 5.47. The number of ether oxygens (including phenoxy) is 1. The Bertz CT molecular complexity index is 1300. The van der Waals surface area contributed by atoms with Gasteiger partial charge in [-0.15, -0.1) is 0 Å². The van der Waals surface area contributed by atoms with Crippen molar-refractivity contribution >= 4 is 29.2 Å². The van der Waals surface area contributed by atoms with Gasteiger partial charge >= 0.3 is 6.18 Å². The Kier molecular flexibility index (Phi) is 10.3. The fourth-order valence-electron chi connectivity index (χ4n) is 4.19. The normalized spacial score (nSPS) is 13.7. The zero-order valence-corrected chi connectivity index (χ0v) is 22.9. The monoisotopic (exact) mass is 574 g/mol. The van der Waals surface area contributed by atoms with Crippen LogP contribution in [0.3, 0.4) is 0 Å². The molecule has 0 bridgehead atoms. The van der Waals surface area contributed by atoms with Crippen molar-refractivity contribution in [2.45, 2.75) is 44.4 Å². The van der Waals surface area contributed by atoms with Gasteiger partial charge in [0, 0.05) is 5.02 Å². The second-order valence-corrected chi connectivity index (χ2v) is 10.0. The van der Waals surface area contributed by atoms with Crippen LogP contribution in [0.1, 0.15) is 42.5 Å². The number of Topliss-reactive ketones (excluding diaryl/α,β-unsaturated/α-hetero) is 1. The summed E-state index contributed by atoms with van der Waals surface area (Å²) in [6.07, 6.45) is -4.88. The second-order valence-electron chi connectivity index (χ2n) is 9.60. The van der Waals surface area contributed by atoms with E-state index in [-0.39, 0.29) is 6.42 Å². The highest BCUT2D eigenvalue weighted by molar-refractivity contribution is 6.30. The Balaban J connectivity index is 1.95. The summed E-state index contributed by atoms with van der Waals surface area (Å²) in [5.41, 5.74) is 1.78. The first-order chi connectivity index (χ1) is 18.9. The Morgan fingerprint density at radius 1 is 0.825 bits per heavy atom. The molecule has 10 heteroatoms. The second kappa shape index (κ2) is 13.5. The van der Waals surface area contributed by atoms with Crippen molar-refractivity contribution in [2.24, 2.45) is 5.92 Å². The molecular formula is C30H30ClF3N2O4. The van der Waals surface area contributed by atoms with E-state index in [0.29, 0.717) is 21.9 Å². The zero-order valence-electron chi connectivity index (χ0n) is 22.2. The minimum absolute atomic E-state index is 0.250. The third-order valence-corrected chi connectivity index (χ3v) is 6.65. The summed E-state index contributed by atoms with van der Waals surface area (Å²) < 4.78 is 44.9. The van der Waals surface area contributed by atoms with E-state index in [9.17, 15) is 27.6 Å². The molecule has 0 fully saturated rings. The van der Waals surface area contributed by atoms with Crippen LogP contribution in [-0.4, -0.2) is 36.9 Å². The summed E-state index contributed by atoms with van der Waals surface area (Å²) in [5.74, 6) is -4.56. The smallest absolute Gasteiger partial charge is 0.452 e. The molecule has 40 heavy (non-hydrogen) atoms. The molecule has 2 amide bonds. The molecule has 0 saturated carbocycles. The van der Waals surface area contributed by atoms with Gasteiger partial charge in [0.15, 0.2) is 0 Å². The zero-order chi connectivity index (χ0) is 29.4. The molecule has 0 unspecified atom stereocenters. The lowest BCUT2D eigenvalue weighted by Crippen LogP contribution is -2.53. The molecular weight excluding hydrogens is 545 g/mol. The van der Waals surface area contributed by atoms with Crippen LogP contribution in [0, 0.1) is 5.92 Å². The van der Waals surface area contributed by atoms with E-state index in [1.165, 1.54) is 21.0 Å². The van der Waals surface area contributed by atoms with Gasteiger partial charge in [-0.3, -0.25) is 14.4 Å². The number of ketones is 1. The number of alkyl halides is 3. The van der Waals surface area contributed by atoms with E-state index in [4.69, 9.17) is 16.3 Å². The molecule has 3 aromatic carbocycles. The Morgan fingerprint density at radius 2 is 1.43 bits per heavy atom. The molecule has 0 aromatic heterocycles. The maximum absolute atomic E-state index is 13.8. The number of rotatable bonds is 11. The minimum atomic E-state index is -5.13. The van der Waals surface area contributed by atoms with Crippen LogP contribution < -0.4 is 15.4 Å². The Hall–Kier alpha value is -3.85. The highest BCUT2D eigenvalue weighted by Gasteiger charge is 2.45. The van der Waals surface area contributed by atoms with Gasteiger partial charge in [0.1, 0.15) is 11.8 Å². The predicted octanol–water partition coefficient (Wildman–Crippen LogP) is 5.80. The van der Waals surface area contributed by atoms with Gasteiger partial charge in [-0.05, 0) is 53.3 Å². The number of hydrogen-bond donors (Lipinski definition) is 2. The van der Waals surface area contributed by atoms with Crippen LogP contribution >= 0.6 is 11.6 Å². The molecule has 0 aliphatic heterocycles. The molecule has 0 heterocycles. The van der Waals surface area contributed by atoms with Crippen LogP contribution in [0.15, 0.2) is 78.9 Å². The minimum Gasteiger partial charge on any atom is -0.497 e. The van der Waals surface area contributed by atoms with Gasteiger partial charge in [0.05, 0.1) is 19.1 Å². The summed E-state index contributed by atoms with van der Waals surface area (Å²) in [4.78, 5) is 39.2. The fraction of sp³-hybridized carbons (Fsp3) is 0.300. The molecule has 0 saturated heterocycles. The molecule has 3 atom stereocenters. The van der Waals surface area contributed by atoms with Crippen molar-refractivity contribution in [2.75, 3.05) is 7.11 Å². The number of methoxy groups -OCH3 is 1. The summed E-state index contributed by atoms with van der Waals surface area (Å²) in [6.45, 7) is 2.80. The van der Waals surface area contributed by atoms with Crippen molar-refractivity contribution in [3.05, 3.63) is 101 Å². The third-order valence-electron chi connectivity index (χ3n) is 6.40. The number of nitrogens with one attached hydrogen (secondary N) is 2. The lowest BCUT2D eigenvalue weighted by molar-refractivity contribution is -0.175. The number of amides is 2. The van der Waals surface area contributed by atoms with E-state index >= 15 is 0 Å². The quantitative estimate of drug-likeness (QED) is 0.303. The average Bonchev–Trinajstić information content (AvgIpc) is 2.93. The summed E-state index contributed by atoms with van der Waals surface area (Å²) >= 11 is 6.01. The third kappa shape index (κ3) is 8.08. The number of carbonyl (C=O) groups is 3. The van der Waals surface area contributed by atoms with Crippen LogP contribution in [0.2, 0.25) is 5.02 Å². The molecule has 0 spiro atoms. The average molecular weight is 575 g/mol. The predicted molar refractivity (Wildman–Crippen MR) is 146 cm³/mol. The van der Waals surface area contributed by atoms with Crippen molar-refractivity contribution in [3.63, 3.8) is 0 Å². The molecule has 3 rings (SSSR count). The number of halogens is 4. The lowest BCUT2D eigenvalue weighted by Gasteiger charge is -2.27. The first kappa shape index (κ1) is 30.7.